The van der Waals surface area contributed by atoms with Gasteiger partial charge in [0.2, 0.25) is 11.8 Å². The lowest BCUT2D eigenvalue weighted by Crippen LogP contribution is -2.54. The number of hydrogen-bond donors (Lipinski definition) is 0. The molecule has 2 fully saturated rings. The Kier molecular flexibility index (Phi) is 6.35. The zero-order valence-corrected chi connectivity index (χ0v) is 17.4. The van der Waals surface area contributed by atoms with Crippen LogP contribution in [-0.2, 0) is 20.7 Å². The molecule has 3 heterocycles. The van der Waals surface area contributed by atoms with Crippen LogP contribution in [0.5, 0.6) is 0 Å². The third kappa shape index (κ3) is 4.73. The highest BCUT2D eigenvalue weighted by molar-refractivity contribution is 5.82. The lowest BCUT2D eigenvalue weighted by atomic mass is 9.96. The fourth-order valence-corrected chi connectivity index (χ4v) is 4.51. The Balaban J connectivity index is 1.28. The fourth-order valence-electron chi connectivity index (χ4n) is 4.51. The Morgan fingerprint density at radius 3 is 2.34 bits per heavy atom. The summed E-state index contributed by atoms with van der Waals surface area (Å²) >= 11 is 0. The van der Waals surface area contributed by atoms with Crippen molar-refractivity contribution in [1.82, 2.24) is 14.7 Å². The van der Waals surface area contributed by atoms with E-state index in [2.05, 4.69) is 41.0 Å². The summed E-state index contributed by atoms with van der Waals surface area (Å²) in [5, 5.41) is 0. The third-order valence-corrected chi connectivity index (χ3v) is 6.42. The number of carbonyl (C=O) groups is 2. The maximum absolute atomic E-state index is 13.0. The number of hydrogen-bond acceptors (Lipinski definition) is 5. The molecule has 158 valence electrons. The molecule has 0 radical (unpaired) electrons. The predicted octanol–water partition coefficient (Wildman–Crippen LogP) is 0.831. The molecule has 29 heavy (non-hydrogen) atoms. The summed E-state index contributed by atoms with van der Waals surface area (Å²) in [6, 6.07) is 8.81. The van der Waals surface area contributed by atoms with Gasteiger partial charge in [-0.3, -0.25) is 14.5 Å². The maximum Gasteiger partial charge on any atom is 0.242 e. The molecule has 1 aromatic rings. The minimum absolute atomic E-state index is 0.173. The van der Waals surface area contributed by atoms with Crippen LogP contribution in [-0.4, -0.2) is 98.1 Å². The molecule has 0 bridgehead atoms. The fraction of sp³-hybridized carbons (Fsp3) is 0.636. The molecule has 0 aromatic heterocycles. The van der Waals surface area contributed by atoms with Crippen molar-refractivity contribution >= 4 is 17.5 Å². The van der Waals surface area contributed by atoms with Crippen molar-refractivity contribution in [2.45, 2.75) is 25.8 Å². The van der Waals surface area contributed by atoms with E-state index in [4.69, 9.17) is 4.74 Å². The number of amides is 2. The molecule has 0 spiro atoms. The Bertz CT molecular complexity index is 727. The molecule has 0 N–H and O–H groups in total. The van der Waals surface area contributed by atoms with Gasteiger partial charge in [-0.05, 0) is 31.4 Å². The molecule has 0 saturated carbocycles. The van der Waals surface area contributed by atoms with Gasteiger partial charge in [-0.2, -0.15) is 0 Å². The molecule has 3 aliphatic rings. The van der Waals surface area contributed by atoms with E-state index < -0.39 is 0 Å². The summed E-state index contributed by atoms with van der Waals surface area (Å²) in [7, 11) is 0. The average molecular weight is 401 g/mol. The van der Waals surface area contributed by atoms with Crippen molar-refractivity contribution in [3.8, 4) is 0 Å². The minimum Gasteiger partial charge on any atom is -0.378 e. The van der Waals surface area contributed by atoms with E-state index in [0.717, 1.165) is 25.9 Å². The molecule has 2 amide bonds. The molecule has 0 unspecified atom stereocenters. The first kappa shape index (κ1) is 20.2. The van der Waals surface area contributed by atoms with Crippen molar-refractivity contribution in [2.75, 3.05) is 70.5 Å². The van der Waals surface area contributed by atoms with E-state index >= 15 is 0 Å². The molecule has 1 aromatic carbocycles. The standard InChI is InChI=1S/C22H32N4O3/c1-18-6-7-19-4-2-3-5-20(19)26(18)17-22(28)24-10-8-23(9-11-24)16-21(27)25-12-14-29-15-13-25/h2-5,18H,6-17H2,1H3/t18-/m0/s1. The van der Waals surface area contributed by atoms with Gasteiger partial charge in [0.25, 0.3) is 0 Å². The van der Waals surface area contributed by atoms with E-state index in [1.54, 1.807) is 0 Å². The van der Waals surface area contributed by atoms with Crippen LogP contribution < -0.4 is 4.90 Å². The zero-order chi connectivity index (χ0) is 20.2. The van der Waals surface area contributed by atoms with Crippen molar-refractivity contribution in [2.24, 2.45) is 0 Å². The largest absolute Gasteiger partial charge is 0.378 e. The molecule has 4 rings (SSSR count). The number of para-hydroxylation sites is 1. The van der Waals surface area contributed by atoms with E-state index in [1.807, 2.05) is 9.80 Å². The Morgan fingerprint density at radius 2 is 1.59 bits per heavy atom. The number of morpholine rings is 1. The second-order valence-electron chi connectivity index (χ2n) is 8.29. The van der Waals surface area contributed by atoms with Crippen molar-refractivity contribution in [1.29, 1.82) is 0 Å². The molecular formula is C22H32N4O3. The van der Waals surface area contributed by atoms with Crippen LogP contribution in [0.15, 0.2) is 24.3 Å². The van der Waals surface area contributed by atoms with Crippen LogP contribution in [0.25, 0.3) is 0 Å². The van der Waals surface area contributed by atoms with Crippen LogP contribution in [0.3, 0.4) is 0 Å². The summed E-state index contributed by atoms with van der Waals surface area (Å²) < 4.78 is 5.32. The smallest absolute Gasteiger partial charge is 0.242 e. The Labute approximate surface area is 173 Å². The lowest BCUT2D eigenvalue weighted by Gasteiger charge is -2.40. The number of fused-ring (bicyclic) bond motifs is 1. The molecular weight excluding hydrogens is 368 g/mol. The van der Waals surface area contributed by atoms with Gasteiger partial charge in [0, 0.05) is 51.0 Å². The maximum atomic E-state index is 13.0. The zero-order valence-electron chi connectivity index (χ0n) is 17.4. The molecule has 0 aliphatic carbocycles. The first-order chi connectivity index (χ1) is 14.1. The van der Waals surface area contributed by atoms with Gasteiger partial charge in [-0.25, -0.2) is 0 Å². The summed E-state index contributed by atoms with van der Waals surface area (Å²) in [4.78, 5) is 33.7. The number of ether oxygens (including phenoxy) is 1. The number of aryl methyl sites for hydroxylation is 1. The molecule has 7 nitrogen and oxygen atoms in total. The monoisotopic (exact) mass is 400 g/mol. The van der Waals surface area contributed by atoms with Crippen molar-refractivity contribution in [3.63, 3.8) is 0 Å². The highest BCUT2D eigenvalue weighted by Crippen LogP contribution is 2.30. The number of anilines is 1. The van der Waals surface area contributed by atoms with Crippen LogP contribution in [0.2, 0.25) is 0 Å². The average Bonchev–Trinajstić information content (AvgIpc) is 2.77. The van der Waals surface area contributed by atoms with E-state index in [-0.39, 0.29) is 11.8 Å². The number of nitrogens with zero attached hydrogens (tertiary/aromatic N) is 4. The highest BCUT2D eigenvalue weighted by atomic mass is 16.5. The SMILES string of the molecule is C[C@H]1CCc2ccccc2N1CC(=O)N1CCN(CC(=O)N2CCOCC2)CC1. The van der Waals surface area contributed by atoms with E-state index in [9.17, 15) is 9.59 Å². The molecule has 1 atom stereocenters. The van der Waals surface area contributed by atoms with Crippen LogP contribution in [0.4, 0.5) is 5.69 Å². The van der Waals surface area contributed by atoms with Crippen molar-refractivity contribution in [3.05, 3.63) is 29.8 Å². The third-order valence-electron chi connectivity index (χ3n) is 6.42. The summed E-state index contributed by atoms with van der Waals surface area (Å²) in [5.41, 5.74) is 2.54. The van der Waals surface area contributed by atoms with Gasteiger partial charge >= 0.3 is 0 Å². The van der Waals surface area contributed by atoms with Gasteiger partial charge in [0.05, 0.1) is 26.3 Å². The number of carbonyl (C=O) groups excluding carboxylic acids is 2. The quantitative estimate of drug-likeness (QED) is 0.750. The topological polar surface area (TPSA) is 56.3 Å². The summed E-state index contributed by atoms with van der Waals surface area (Å²) in [5.74, 6) is 0.361. The minimum atomic E-state index is 0.173. The Hall–Kier alpha value is -2.12. The van der Waals surface area contributed by atoms with Gasteiger partial charge in [-0.1, -0.05) is 18.2 Å². The van der Waals surface area contributed by atoms with E-state index in [0.29, 0.717) is 58.5 Å². The predicted molar refractivity (Wildman–Crippen MR) is 112 cm³/mol. The molecule has 3 aliphatic heterocycles. The van der Waals surface area contributed by atoms with Gasteiger partial charge in [-0.15, -0.1) is 0 Å². The van der Waals surface area contributed by atoms with Crippen LogP contribution in [0.1, 0.15) is 18.9 Å². The number of piperazine rings is 1. The normalized spacial score (nSPS) is 23.1. The second kappa shape index (κ2) is 9.13. The second-order valence-corrected chi connectivity index (χ2v) is 8.29. The van der Waals surface area contributed by atoms with Crippen molar-refractivity contribution < 1.29 is 14.3 Å². The van der Waals surface area contributed by atoms with Crippen LogP contribution >= 0.6 is 0 Å². The first-order valence-electron chi connectivity index (χ1n) is 10.8. The number of rotatable bonds is 4. The highest BCUT2D eigenvalue weighted by Gasteiger charge is 2.29. The van der Waals surface area contributed by atoms with Gasteiger partial charge in [0.1, 0.15) is 0 Å². The molecule has 7 heteroatoms. The lowest BCUT2D eigenvalue weighted by molar-refractivity contribution is -0.137. The summed E-state index contributed by atoms with van der Waals surface area (Å²) in [6.07, 6.45) is 2.17. The first-order valence-corrected chi connectivity index (χ1v) is 10.8. The summed E-state index contributed by atoms with van der Waals surface area (Å²) in [6.45, 7) is 8.62. The van der Waals surface area contributed by atoms with Gasteiger partial charge in [0.15, 0.2) is 0 Å². The Morgan fingerprint density at radius 1 is 0.931 bits per heavy atom. The van der Waals surface area contributed by atoms with Gasteiger partial charge < -0.3 is 19.4 Å². The number of benzene rings is 1. The van der Waals surface area contributed by atoms with Crippen LogP contribution in [0, 0.1) is 0 Å². The van der Waals surface area contributed by atoms with E-state index in [1.165, 1.54) is 11.3 Å². The molecule has 2 saturated heterocycles.